The Morgan fingerprint density at radius 1 is 1.00 bits per heavy atom. The molecule has 0 saturated carbocycles. The van der Waals surface area contributed by atoms with E-state index in [1.807, 2.05) is 71.6 Å². The molecule has 1 aliphatic heterocycles. The summed E-state index contributed by atoms with van der Waals surface area (Å²) in [5, 5.41) is 8.17. The Labute approximate surface area is 191 Å². The summed E-state index contributed by atoms with van der Waals surface area (Å²) in [6.45, 7) is 0.599. The van der Waals surface area contributed by atoms with Crippen molar-refractivity contribution in [3.05, 3.63) is 106 Å². The van der Waals surface area contributed by atoms with E-state index in [1.54, 1.807) is 7.11 Å². The van der Waals surface area contributed by atoms with Gasteiger partial charge in [-0.3, -0.25) is 9.89 Å². The highest BCUT2D eigenvalue weighted by Crippen LogP contribution is 2.43. The lowest BCUT2D eigenvalue weighted by Gasteiger charge is -2.26. The molecule has 3 aromatic carbocycles. The van der Waals surface area contributed by atoms with Crippen molar-refractivity contribution in [3.8, 4) is 17.0 Å². The van der Waals surface area contributed by atoms with E-state index in [0.29, 0.717) is 17.3 Å². The van der Waals surface area contributed by atoms with Gasteiger partial charge in [-0.25, -0.2) is 0 Å². The molecule has 0 fully saturated rings. The molecule has 1 aromatic heterocycles. The zero-order valence-corrected chi connectivity index (χ0v) is 18.3. The number of carbonyl (C=O) groups is 1. The first-order valence-electron chi connectivity index (χ1n) is 10.5. The van der Waals surface area contributed by atoms with Crippen LogP contribution >= 0.6 is 11.6 Å². The molecule has 160 valence electrons. The molecule has 1 aliphatic rings. The number of amides is 1. The zero-order valence-electron chi connectivity index (χ0n) is 17.6. The molecular formula is C26H22ClN3O2. The fourth-order valence-corrected chi connectivity index (χ4v) is 4.41. The van der Waals surface area contributed by atoms with Gasteiger partial charge in [-0.05, 0) is 41.8 Å². The molecule has 1 amide bonds. The number of hydrogen-bond acceptors (Lipinski definition) is 3. The molecule has 1 unspecified atom stereocenters. The molecule has 32 heavy (non-hydrogen) atoms. The minimum atomic E-state index is -0.239. The predicted octanol–water partition coefficient (Wildman–Crippen LogP) is 5.53. The Hall–Kier alpha value is -3.57. The standard InChI is InChI=1S/C26H22ClN3O2/c1-32-21-13-9-19(10-14-21)25-22-23(18-7-11-20(27)12-8-18)28-29-24(22)26(31)30(25)16-15-17-5-3-2-4-6-17/h2-14,25H,15-16H2,1H3,(H,28,29). The van der Waals surface area contributed by atoms with Crippen molar-refractivity contribution in [1.82, 2.24) is 15.1 Å². The third-order valence-corrected chi connectivity index (χ3v) is 6.15. The summed E-state index contributed by atoms with van der Waals surface area (Å²) in [5.74, 6) is 0.740. The minimum absolute atomic E-state index is 0.0375. The van der Waals surface area contributed by atoms with Crippen molar-refractivity contribution in [2.45, 2.75) is 12.5 Å². The second-order valence-electron chi connectivity index (χ2n) is 7.78. The maximum absolute atomic E-state index is 13.4. The van der Waals surface area contributed by atoms with Crippen molar-refractivity contribution in [1.29, 1.82) is 0 Å². The third kappa shape index (κ3) is 3.65. The number of benzene rings is 3. The highest BCUT2D eigenvalue weighted by atomic mass is 35.5. The summed E-state index contributed by atoms with van der Waals surface area (Å²) >= 11 is 6.09. The average Bonchev–Trinajstić information content (AvgIpc) is 3.38. The largest absolute Gasteiger partial charge is 0.497 e. The average molecular weight is 444 g/mol. The Kier molecular flexibility index (Phi) is 5.41. The van der Waals surface area contributed by atoms with Gasteiger partial charge in [0.1, 0.15) is 11.4 Å². The highest BCUT2D eigenvalue weighted by Gasteiger charge is 2.41. The van der Waals surface area contributed by atoms with E-state index < -0.39 is 0 Å². The topological polar surface area (TPSA) is 58.2 Å². The first-order chi connectivity index (χ1) is 15.7. The molecular weight excluding hydrogens is 422 g/mol. The van der Waals surface area contributed by atoms with Crippen LogP contribution in [0.4, 0.5) is 0 Å². The van der Waals surface area contributed by atoms with E-state index in [4.69, 9.17) is 16.3 Å². The lowest BCUT2D eigenvalue weighted by molar-refractivity contribution is 0.0746. The molecule has 1 N–H and O–H groups in total. The van der Waals surface area contributed by atoms with Crippen molar-refractivity contribution in [3.63, 3.8) is 0 Å². The number of ether oxygens (including phenoxy) is 1. The third-order valence-electron chi connectivity index (χ3n) is 5.90. The van der Waals surface area contributed by atoms with Crippen LogP contribution in [-0.4, -0.2) is 34.7 Å². The van der Waals surface area contributed by atoms with Gasteiger partial charge in [0.05, 0.1) is 18.8 Å². The van der Waals surface area contributed by atoms with Crippen LogP contribution in [0.15, 0.2) is 78.9 Å². The summed E-state index contributed by atoms with van der Waals surface area (Å²) in [5.41, 5.74) is 5.35. The number of nitrogens with zero attached hydrogens (tertiary/aromatic N) is 2. The Morgan fingerprint density at radius 3 is 2.41 bits per heavy atom. The van der Waals surface area contributed by atoms with Gasteiger partial charge in [0.2, 0.25) is 0 Å². The van der Waals surface area contributed by atoms with Gasteiger partial charge in [-0.2, -0.15) is 5.10 Å². The number of rotatable bonds is 6. The number of methoxy groups -OCH3 is 1. The lowest BCUT2D eigenvalue weighted by atomic mass is 9.96. The van der Waals surface area contributed by atoms with E-state index in [9.17, 15) is 4.79 Å². The molecule has 5 nitrogen and oxygen atoms in total. The Balaban J connectivity index is 1.57. The van der Waals surface area contributed by atoms with Gasteiger partial charge in [0.15, 0.2) is 0 Å². The number of carbonyl (C=O) groups excluding carboxylic acids is 1. The number of hydrogen-bond donors (Lipinski definition) is 1. The number of H-pyrrole nitrogens is 1. The second kappa shape index (κ2) is 8.52. The van der Waals surface area contributed by atoms with Crippen LogP contribution in [0, 0.1) is 0 Å². The van der Waals surface area contributed by atoms with Crippen molar-refractivity contribution in [2.24, 2.45) is 0 Å². The molecule has 6 heteroatoms. The summed E-state index contributed by atoms with van der Waals surface area (Å²) < 4.78 is 5.33. The molecule has 0 radical (unpaired) electrons. The van der Waals surface area contributed by atoms with Crippen molar-refractivity contribution < 1.29 is 9.53 Å². The van der Waals surface area contributed by atoms with Gasteiger partial charge in [-0.15, -0.1) is 0 Å². The van der Waals surface area contributed by atoms with Crippen LogP contribution in [0.3, 0.4) is 0 Å². The van der Waals surface area contributed by atoms with Crippen molar-refractivity contribution in [2.75, 3.05) is 13.7 Å². The predicted molar refractivity (Wildman–Crippen MR) is 125 cm³/mol. The SMILES string of the molecule is COc1ccc(C2c3c(-c4ccc(Cl)cc4)n[nH]c3C(=O)N2CCc2ccccc2)cc1. The van der Waals surface area contributed by atoms with Crippen molar-refractivity contribution >= 4 is 17.5 Å². The Bertz CT molecular complexity index is 1230. The fourth-order valence-electron chi connectivity index (χ4n) is 4.28. The molecule has 0 saturated heterocycles. The lowest BCUT2D eigenvalue weighted by Crippen LogP contribution is -2.31. The normalized spacial score (nSPS) is 15.1. The molecule has 0 spiro atoms. The smallest absolute Gasteiger partial charge is 0.273 e. The highest BCUT2D eigenvalue weighted by molar-refractivity contribution is 6.30. The number of fused-ring (bicyclic) bond motifs is 1. The van der Waals surface area contributed by atoms with E-state index in [0.717, 1.165) is 34.6 Å². The Morgan fingerprint density at radius 2 is 1.72 bits per heavy atom. The minimum Gasteiger partial charge on any atom is -0.497 e. The van der Waals surface area contributed by atoms with Gasteiger partial charge in [0.25, 0.3) is 5.91 Å². The van der Waals surface area contributed by atoms with Crippen LogP contribution in [-0.2, 0) is 6.42 Å². The summed E-state index contributed by atoms with van der Waals surface area (Å²) in [7, 11) is 1.65. The van der Waals surface area contributed by atoms with Gasteiger partial charge in [0, 0.05) is 22.7 Å². The summed E-state index contributed by atoms with van der Waals surface area (Å²) in [6.07, 6.45) is 0.771. The van der Waals surface area contributed by atoms with E-state index >= 15 is 0 Å². The zero-order chi connectivity index (χ0) is 22.1. The van der Waals surface area contributed by atoms with Crippen LogP contribution < -0.4 is 4.74 Å². The first kappa shape index (κ1) is 20.3. The summed E-state index contributed by atoms with van der Waals surface area (Å²) in [4.78, 5) is 15.4. The number of halogens is 1. The molecule has 2 heterocycles. The maximum atomic E-state index is 13.4. The van der Waals surface area contributed by atoms with Crippen LogP contribution in [0.2, 0.25) is 5.02 Å². The summed E-state index contributed by atoms with van der Waals surface area (Å²) in [6, 6.07) is 25.4. The van der Waals surface area contributed by atoms with Gasteiger partial charge >= 0.3 is 0 Å². The first-order valence-corrected chi connectivity index (χ1v) is 10.9. The number of nitrogens with one attached hydrogen (secondary N) is 1. The van der Waals surface area contributed by atoms with E-state index in [-0.39, 0.29) is 11.9 Å². The number of aromatic amines is 1. The van der Waals surface area contributed by atoms with Crippen LogP contribution in [0.5, 0.6) is 5.75 Å². The monoisotopic (exact) mass is 443 g/mol. The van der Waals surface area contributed by atoms with E-state index in [2.05, 4.69) is 22.3 Å². The molecule has 5 rings (SSSR count). The number of aromatic nitrogens is 2. The fraction of sp³-hybridized carbons (Fsp3) is 0.154. The molecule has 4 aromatic rings. The van der Waals surface area contributed by atoms with Crippen LogP contribution in [0.1, 0.15) is 33.2 Å². The van der Waals surface area contributed by atoms with Gasteiger partial charge < -0.3 is 9.64 Å². The van der Waals surface area contributed by atoms with E-state index in [1.165, 1.54) is 5.56 Å². The van der Waals surface area contributed by atoms with Crippen LogP contribution in [0.25, 0.3) is 11.3 Å². The quantitative estimate of drug-likeness (QED) is 0.426. The molecule has 0 bridgehead atoms. The second-order valence-corrected chi connectivity index (χ2v) is 8.21. The maximum Gasteiger partial charge on any atom is 0.273 e. The molecule has 1 atom stereocenters. The van der Waals surface area contributed by atoms with Gasteiger partial charge in [-0.1, -0.05) is 66.2 Å². The molecule has 0 aliphatic carbocycles.